The van der Waals surface area contributed by atoms with Crippen LogP contribution in [-0.2, 0) is 6.42 Å². The number of nitrogens with zero attached hydrogens (tertiary/aromatic N) is 1. The van der Waals surface area contributed by atoms with E-state index in [0.717, 1.165) is 18.4 Å². The van der Waals surface area contributed by atoms with Crippen LogP contribution in [-0.4, -0.2) is 18.1 Å². The molecule has 2 aliphatic rings. The van der Waals surface area contributed by atoms with E-state index in [1.165, 1.54) is 49.4 Å². The third-order valence-corrected chi connectivity index (χ3v) is 5.55. The lowest BCUT2D eigenvalue weighted by atomic mass is 9.80. The second kappa shape index (κ2) is 4.93. The van der Waals surface area contributed by atoms with Crippen LogP contribution in [0.3, 0.4) is 0 Å². The molecule has 1 heterocycles. The number of thiazole rings is 1. The zero-order valence-corrected chi connectivity index (χ0v) is 12.4. The maximum absolute atomic E-state index is 4.68. The highest BCUT2D eigenvalue weighted by Crippen LogP contribution is 2.60. The predicted molar refractivity (Wildman–Crippen MR) is 77.0 cm³/mol. The molecule has 18 heavy (non-hydrogen) atoms. The van der Waals surface area contributed by atoms with Crippen LogP contribution >= 0.6 is 11.3 Å². The molecule has 1 aromatic rings. The normalized spacial score (nSPS) is 33.7. The average Bonchev–Trinajstić information content (AvgIpc) is 2.76. The van der Waals surface area contributed by atoms with Crippen LogP contribution in [0.15, 0.2) is 5.38 Å². The van der Waals surface area contributed by atoms with Gasteiger partial charge in [0.2, 0.25) is 0 Å². The molecule has 2 unspecified atom stereocenters. The zero-order chi connectivity index (χ0) is 12.6. The molecular formula is C15H24N2S. The molecule has 2 saturated carbocycles. The monoisotopic (exact) mass is 264 g/mol. The first-order valence-electron chi connectivity index (χ1n) is 7.32. The lowest BCUT2D eigenvalue weighted by Gasteiger charge is -2.30. The van der Waals surface area contributed by atoms with E-state index >= 15 is 0 Å². The standard InChI is InChI=1S/C15H24N2S/c1-3-4-16-10-15(6-12-5-13(12)7-15)8-14-17-11(2)9-18-14/h9,12-13,16H,3-8,10H2,1-2H3. The fourth-order valence-corrected chi connectivity index (χ4v) is 4.64. The van der Waals surface area contributed by atoms with Gasteiger partial charge < -0.3 is 5.32 Å². The first-order chi connectivity index (χ1) is 8.71. The number of aromatic nitrogens is 1. The molecule has 3 rings (SSSR count). The van der Waals surface area contributed by atoms with E-state index in [9.17, 15) is 0 Å². The molecule has 3 heteroatoms. The van der Waals surface area contributed by atoms with Crippen LogP contribution in [0.25, 0.3) is 0 Å². The Bertz CT molecular complexity index is 402. The molecule has 0 saturated heterocycles. The third-order valence-electron chi connectivity index (χ3n) is 4.58. The van der Waals surface area contributed by atoms with Crippen molar-refractivity contribution < 1.29 is 0 Å². The number of hydrogen-bond acceptors (Lipinski definition) is 3. The smallest absolute Gasteiger partial charge is 0.0934 e. The van der Waals surface area contributed by atoms with E-state index < -0.39 is 0 Å². The van der Waals surface area contributed by atoms with Crippen LogP contribution in [0.4, 0.5) is 0 Å². The summed E-state index contributed by atoms with van der Waals surface area (Å²) >= 11 is 1.85. The Kier molecular flexibility index (Phi) is 3.46. The maximum atomic E-state index is 4.68. The first-order valence-corrected chi connectivity index (χ1v) is 8.20. The van der Waals surface area contributed by atoms with E-state index in [2.05, 4.69) is 29.5 Å². The number of rotatable bonds is 6. The summed E-state index contributed by atoms with van der Waals surface area (Å²) in [5.74, 6) is 2.10. The molecule has 2 atom stereocenters. The zero-order valence-electron chi connectivity index (χ0n) is 11.5. The summed E-state index contributed by atoms with van der Waals surface area (Å²) in [6.45, 7) is 6.71. The second-order valence-corrected chi connectivity index (χ2v) is 7.34. The fourth-order valence-electron chi connectivity index (χ4n) is 3.69. The summed E-state index contributed by atoms with van der Waals surface area (Å²) in [6.07, 6.45) is 6.82. The van der Waals surface area contributed by atoms with Crippen LogP contribution in [0.2, 0.25) is 0 Å². The lowest BCUT2D eigenvalue weighted by molar-refractivity contribution is 0.248. The Labute approximate surface area is 114 Å². The summed E-state index contributed by atoms with van der Waals surface area (Å²) in [5.41, 5.74) is 1.71. The molecule has 2 nitrogen and oxygen atoms in total. The molecule has 2 fully saturated rings. The summed E-state index contributed by atoms with van der Waals surface area (Å²) in [4.78, 5) is 4.68. The van der Waals surface area contributed by atoms with Gasteiger partial charge in [0, 0.05) is 24.0 Å². The summed E-state index contributed by atoms with van der Waals surface area (Å²) < 4.78 is 0. The van der Waals surface area contributed by atoms with E-state index in [1.807, 2.05) is 11.3 Å². The SMILES string of the molecule is CCCNCC1(Cc2nc(C)cs2)CC2CC2C1. The molecule has 100 valence electrons. The van der Waals surface area contributed by atoms with E-state index in [-0.39, 0.29) is 0 Å². The highest BCUT2D eigenvalue weighted by Gasteiger charge is 2.53. The predicted octanol–water partition coefficient (Wildman–Crippen LogP) is 3.41. The van der Waals surface area contributed by atoms with Gasteiger partial charge in [0.25, 0.3) is 0 Å². The molecule has 1 aromatic heterocycles. The maximum Gasteiger partial charge on any atom is 0.0934 e. The highest BCUT2D eigenvalue weighted by atomic mass is 32.1. The van der Waals surface area contributed by atoms with Crippen LogP contribution in [0.5, 0.6) is 0 Å². The first kappa shape index (κ1) is 12.6. The van der Waals surface area contributed by atoms with Gasteiger partial charge in [-0.3, -0.25) is 0 Å². The van der Waals surface area contributed by atoms with E-state index in [4.69, 9.17) is 0 Å². The second-order valence-electron chi connectivity index (χ2n) is 6.40. The minimum absolute atomic E-state index is 0.521. The molecule has 0 aromatic carbocycles. The van der Waals surface area contributed by atoms with Gasteiger partial charge in [-0.25, -0.2) is 4.98 Å². The van der Waals surface area contributed by atoms with Crippen molar-refractivity contribution in [1.29, 1.82) is 0 Å². The van der Waals surface area contributed by atoms with Crippen LogP contribution < -0.4 is 5.32 Å². The van der Waals surface area contributed by atoms with Crippen molar-refractivity contribution in [3.8, 4) is 0 Å². The Morgan fingerprint density at radius 3 is 2.83 bits per heavy atom. The van der Waals surface area contributed by atoms with Crippen molar-refractivity contribution in [2.75, 3.05) is 13.1 Å². The Morgan fingerprint density at radius 1 is 1.44 bits per heavy atom. The van der Waals surface area contributed by atoms with Crippen LogP contribution in [0, 0.1) is 24.2 Å². The third kappa shape index (κ3) is 2.62. The van der Waals surface area contributed by atoms with Gasteiger partial charge in [-0.05, 0) is 56.4 Å². The van der Waals surface area contributed by atoms with E-state index in [1.54, 1.807) is 0 Å². The Morgan fingerprint density at radius 2 is 2.22 bits per heavy atom. The highest BCUT2D eigenvalue weighted by molar-refractivity contribution is 7.09. The van der Waals surface area contributed by atoms with Gasteiger partial charge in [-0.1, -0.05) is 6.92 Å². The van der Waals surface area contributed by atoms with Crippen molar-refractivity contribution in [3.05, 3.63) is 16.1 Å². The molecular weight excluding hydrogens is 240 g/mol. The van der Waals surface area contributed by atoms with Crippen molar-refractivity contribution in [3.63, 3.8) is 0 Å². The molecule has 2 aliphatic carbocycles. The number of fused-ring (bicyclic) bond motifs is 1. The molecule has 0 aliphatic heterocycles. The summed E-state index contributed by atoms with van der Waals surface area (Å²) in [5, 5.41) is 7.21. The van der Waals surface area contributed by atoms with Gasteiger partial charge in [-0.2, -0.15) is 0 Å². The molecule has 0 bridgehead atoms. The molecule has 0 radical (unpaired) electrons. The Balaban J connectivity index is 1.65. The minimum atomic E-state index is 0.521. The average molecular weight is 264 g/mol. The van der Waals surface area contributed by atoms with Gasteiger partial charge in [-0.15, -0.1) is 11.3 Å². The van der Waals surface area contributed by atoms with Gasteiger partial charge in [0.05, 0.1) is 5.01 Å². The minimum Gasteiger partial charge on any atom is -0.316 e. The number of aryl methyl sites for hydroxylation is 1. The Hall–Kier alpha value is -0.410. The van der Waals surface area contributed by atoms with Crippen molar-refractivity contribution in [2.24, 2.45) is 17.3 Å². The van der Waals surface area contributed by atoms with Gasteiger partial charge in [0.15, 0.2) is 0 Å². The van der Waals surface area contributed by atoms with Gasteiger partial charge >= 0.3 is 0 Å². The molecule has 0 amide bonds. The quantitative estimate of drug-likeness (QED) is 0.797. The molecule has 0 spiro atoms. The number of nitrogens with one attached hydrogen (secondary N) is 1. The van der Waals surface area contributed by atoms with Crippen LogP contribution in [0.1, 0.15) is 43.3 Å². The molecule has 1 N–H and O–H groups in total. The van der Waals surface area contributed by atoms with Gasteiger partial charge in [0.1, 0.15) is 0 Å². The van der Waals surface area contributed by atoms with Crippen molar-refractivity contribution >= 4 is 11.3 Å². The summed E-state index contributed by atoms with van der Waals surface area (Å²) in [7, 11) is 0. The fraction of sp³-hybridized carbons (Fsp3) is 0.800. The summed E-state index contributed by atoms with van der Waals surface area (Å²) in [6, 6.07) is 0. The number of hydrogen-bond donors (Lipinski definition) is 1. The largest absolute Gasteiger partial charge is 0.316 e. The van der Waals surface area contributed by atoms with E-state index in [0.29, 0.717) is 5.41 Å². The topological polar surface area (TPSA) is 24.9 Å². The lowest BCUT2D eigenvalue weighted by Crippen LogP contribution is -2.35. The van der Waals surface area contributed by atoms with Crippen molar-refractivity contribution in [2.45, 2.75) is 46.0 Å². The van der Waals surface area contributed by atoms with Crippen molar-refractivity contribution in [1.82, 2.24) is 10.3 Å².